The maximum Gasteiger partial charge on any atom is 0.328 e. The van der Waals surface area contributed by atoms with Crippen LogP contribution < -0.4 is 0 Å². The van der Waals surface area contributed by atoms with E-state index >= 15 is 0 Å². The van der Waals surface area contributed by atoms with Gasteiger partial charge in [-0.15, -0.1) is 0 Å². The fraction of sp³-hybridized carbons (Fsp3) is 0.235. The van der Waals surface area contributed by atoms with E-state index in [4.69, 9.17) is 4.74 Å². The third-order valence-corrected chi connectivity index (χ3v) is 5.02. The summed E-state index contributed by atoms with van der Waals surface area (Å²) < 4.78 is 4.66. The average Bonchev–Trinajstić information content (AvgIpc) is 2.47. The van der Waals surface area contributed by atoms with E-state index in [1.807, 2.05) is 36.4 Å². The number of alkyl halides is 1. The summed E-state index contributed by atoms with van der Waals surface area (Å²) in [5, 5.41) is 0. The topological polar surface area (TPSA) is 26.3 Å². The molecule has 2 aliphatic heterocycles. The quantitative estimate of drug-likeness (QED) is 0.620. The van der Waals surface area contributed by atoms with Gasteiger partial charge in [-0.05, 0) is 23.6 Å². The van der Waals surface area contributed by atoms with E-state index in [9.17, 15) is 4.79 Å². The molecular formula is C17H15BrO2. The summed E-state index contributed by atoms with van der Waals surface area (Å²) in [6.45, 7) is 3.78. The Bertz CT molecular complexity index is 603. The van der Waals surface area contributed by atoms with E-state index in [-0.39, 0.29) is 18.0 Å². The molecule has 0 spiro atoms. The Labute approximate surface area is 127 Å². The summed E-state index contributed by atoms with van der Waals surface area (Å²) in [6, 6.07) is 10.1. The molecule has 3 aliphatic rings. The number of halogens is 1. The van der Waals surface area contributed by atoms with Crippen LogP contribution in [0.2, 0.25) is 0 Å². The van der Waals surface area contributed by atoms with E-state index in [1.54, 1.807) is 6.08 Å². The number of ether oxygens (including phenoxy) is 1. The zero-order chi connectivity index (χ0) is 14.2. The zero-order valence-corrected chi connectivity index (χ0v) is 12.5. The molecule has 0 amide bonds. The predicted octanol–water partition coefficient (Wildman–Crippen LogP) is 3.89. The Kier molecular flexibility index (Phi) is 3.38. The number of rotatable bonds is 3. The molecule has 1 aromatic carbocycles. The van der Waals surface area contributed by atoms with Crippen LogP contribution in [0.5, 0.6) is 0 Å². The third kappa shape index (κ3) is 2.16. The maximum atomic E-state index is 12.1. The minimum Gasteiger partial charge on any atom is -0.456 e. The number of fused-ring (bicyclic) bond motifs is 2. The molecule has 0 radical (unpaired) electrons. The summed E-state index contributed by atoms with van der Waals surface area (Å²) in [4.78, 5) is 12.1. The van der Waals surface area contributed by atoms with Gasteiger partial charge in [-0.1, -0.05) is 71.1 Å². The second-order valence-electron chi connectivity index (χ2n) is 5.12. The second kappa shape index (κ2) is 5.06. The lowest BCUT2D eigenvalue weighted by molar-refractivity contribution is -0.157. The van der Waals surface area contributed by atoms with Crippen LogP contribution in [0.1, 0.15) is 12.0 Å². The van der Waals surface area contributed by atoms with Crippen molar-refractivity contribution >= 4 is 28.0 Å². The number of hydrogen-bond donors (Lipinski definition) is 0. The molecule has 1 aromatic rings. The summed E-state index contributed by atoms with van der Waals surface area (Å²) in [7, 11) is 0. The van der Waals surface area contributed by atoms with Gasteiger partial charge in [0.1, 0.15) is 10.4 Å². The van der Waals surface area contributed by atoms with Gasteiger partial charge in [-0.3, -0.25) is 4.79 Å². The van der Waals surface area contributed by atoms with Crippen molar-refractivity contribution in [2.45, 2.75) is 16.8 Å². The Hall–Kier alpha value is -1.61. The first-order chi connectivity index (χ1) is 9.63. The predicted molar refractivity (Wildman–Crippen MR) is 83.4 cm³/mol. The van der Waals surface area contributed by atoms with Crippen LogP contribution in [0.15, 0.2) is 60.7 Å². The molecule has 4 rings (SSSR count). The number of esters is 1. The van der Waals surface area contributed by atoms with Crippen LogP contribution in [-0.2, 0) is 9.53 Å². The highest BCUT2D eigenvalue weighted by Crippen LogP contribution is 2.47. The van der Waals surface area contributed by atoms with Gasteiger partial charge in [0, 0.05) is 5.92 Å². The smallest absolute Gasteiger partial charge is 0.328 e. The van der Waals surface area contributed by atoms with Crippen LogP contribution in [0.3, 0.4) is 0 Å². The summed E-state index contributed by atoms with van der Waals surface area (Å²) >= 11 is 3.57. The highest BCUT2D eigenvalue weighted by Gasteiger charge is 2.52. The van der Waals surface area contributed by atoms with Gasteiger partial charge >= 0.3 is 5.97 Å². The number of hydrogen-bond acceptors (Lipinski definition) is 2. The molecule has 3 atom stereocenters. The highest BCUT2D eigenvalue weighted by molar-refractivity contribution is 9.10. The first-order valence-corrected chi connectivity index (χ1v) is 7.41. The molecule has 1 saturated heterocycles. The molecule has 0 saturated carbocycles. The molecule has 2 bridgehead atoms. The van der Waals surface area contributed by atoms with E-state index in [0.717, 1.165) is 17.6 Å². The van der Waals surface area contributed by atoms with Gasteiger partial charge in [0.05, 0.1) is 0 Å². The maximum absolute atomic E-state index is 12.1. The molecule has 2 nitrogen and oxygen atoms in total. The van der Waals surface area contributed by atoms with E-state index < -0.39 is 4.32 Å². The molecule has 102 valence electrons. The Morgan fingerprint density at radius 3 is 2.80 bits per heavy atom. The van der Waals surface area contributed by atoms with Crippen LogP contribution in [-0.4, -0.2) is 16.4 Å². The van der Waals surface area contributed by atoms with Crippen LogP contribution >= 0.6 is 15.9 Å². The van der Waals surface area contributed by atoms with Crippen LogP contribution in [0.25, 0.3) is 6.08 Å². The van der Waals surface area contributed by atoms with Crippen LogP contribution in [0.4, 0.5) is 0 Å². The number of carbonyl (C=O) groups excluding carboxylic acids is 1. The van der Waals surface area contributed by atoms with Crippen molar-refractivity contribution < 1.29 is 9.53 Å². The number of carbonyl (C=O) groups is 1. The second-order valence-corrected chi connectivity index (χ2v) is 6.43. The lowest BCUT2D eigenvalue weighted by Crippen LogP contribution is -2.52. The Morgan fingerprint density at radius 1 is 1.35 bits per heavy atom. The van der Waals surface area contributed by atoms with Crippen molar-refractivity contribution in [2.24, 2.45) is 5.92 Å². The molecule has 20 heavy (non-hydrogen) atoms. The Balaban J connectivity index is 1.89. The van der Waals surface area contributed by atoms with Gasteiger partial charge in [-0.2, -0.15) is 0 Å². The van der Waals surface area contributed by atoms with Crippen molar-refractivity contribution in [1.82, 2.24) is 0 Å². The van der Waals surface area contributed by atoms with Gasteiger partial charge in [0.25, 0.3) is 0 Å². The fourth-order valence-electron chi connectivity index (χ4n) is 2.73. The standard InChI is InChI=1S/C17H15BrO2/c1-2-13-11-17(18)14(10-15(13)20-16(17)19)9-8-12-6-4-3-5-7-12/h2-9,11,14-15H,1,10H2/b9-8+/t14-,15-,17-/m0/s1. The minimum atomic E-state index is -0.753. The number of allylic oxidation sites excluding steroid dienone is 1. The molecule has 0 unspecified atom stereocenters. The Morgan fingerprint density at radius 2 is 2.10 bits per heavy atom. The molecule has 0 aromatic heterocycles. The first kappa shape index (κ1) is 13.4. The van der Waals surface area contributed by atoms with Crippen molar-refractivity contribution in [3.8, 4) is 0 Å². The molecular weight excluding hydrogens is 316 g/mol. The zero-order valence-electron chi connectivity index (χ0n) is 11.0. The lowest BCUT2D eigenvalue weighted by Gasteiger charge is -2.43. The molecule has 1 fully saturated rings. The average molecular weight is 331 g/mol. The number of benzene rings is 1. The molecule has 2 heterocycles. The van der Waals surface area contributed by atoms with E-state index in [2.05, 4.69) is 34.7 Å². The summed E-state index contributed by atoms with van der Waals surface area (Å²) in [5.74, 6) is -0.111. The monoisotopic (exact) mass is 330 g/mol. The molecule has 0 N–H and O–H groups in total. The summed E-state index contributed by atoms with van der Waals surface area (Å²) in [6.07, 6.45) is 8.49. The van der Waals surface area contributed by atoms with Crippen LogP contribution in [0, 0.1) is 5.92 Å². The van der Waals surface area contributed by atoms with Gasteiger partial charge in [-0.25, -0.2) is 0 Å². The SMILES string of the molecule is C=CC1=C[C@@]2(Br)C(=O)O[C@H]1C[C@@H]2/C=C/c1ccccc1. The molecule has 1 aliphatic carbocycles. The molecule has 3 heteroatoms. The first-order valence-electron chi connectivity index (χ1n) is 6.62. The van der Waals surface area contributed by atoms with E-state index in [0.29, 0.717) is 0 Å². The van der Waals surface area contributed by atoms with Crippen molar-refractivity contribution in [2.75, 3.05) is 0 Å². The summed E-state index contributed by atoms with van der Waals surface area (Å²) in [5.41, 5.74) is 2.12. The van der Waals surface area contributed by atoms with Crippen molar-refractivity contribution in [3.05, 3.63) is 66.3 Å². The normalized spacial score (nSPS) is 32.0. The minimum absolute atomic E-state index is 0.0951. The third-order valence-electron chi connectivity index (χ3n) is 3.87. The van der Waals surface area contributed by atoms with Gasteiger partial charge in [0.2, 0.25) is 0 Å². The largest absolute Gasteiger partial charge is 0.456 e. The van der Waals surface area contributed by atoms with E-state index in [1.165, 1.54) is 0 Å². The van der Waals surface area contributed by atoms with Crippen molar-refractivity contribution in [3.63, 3.8) is 0 Å². The fourth-order valence-corrected chi connectivity index (χ4v) is 3.42. The highest BCUT2D eigenvalue weighted by atomic mass is 79.9. The lowest BCUT2D eigenvalue weighted by atomic mass is 9.76. The van der Waals surface area contributed by atoms with Gasteiger partial charge < -0.3 is 4.74 Å². The van der Waals surface area contributed by atoms with Gasteiger partial charge in [0.15, 0.2) is 0 Å². The van der Waals surface area contributed by atoms with Crippen molar-refractivity contribution in [1.29, 1.82) is 0 Å².